The highest BCUT2D eigenvalue weighted by atomic mass is 35.5. The number of rotatable bonds is 3. The first-order valence-corrected chi connectivity index (χ1v) is 13.0. The summed E-state index contributed by atoms with van der Waals surface area (Å²) in [6, 6.07) is 27.3. The van der Waals surface area contributed by atoms with Gasteiger partial charge in [-0.3, -0.25) is 0 Å². The number of fused-ring (bicyclic) bond motifs is 3. The highest BCUT2D eigenvalue weighted by Crippen LogP contribution is 2.39. The number of nitrogens with zero attached hydrogens (tertiary/aromatic N) is 4. The molecule has 0 saturated carbocycles. The van der Waals surface area contributed by atoms with E-state index in [1.165, 1.54) is 0 Å². The molecule has 2 amide bonds. The average Bonchev–Trinajstić information content (AvgIpc) is 3.47. The minimum absolute atomic E-state index is 0.184. The zero-order valence-electron chi connectivity index (χ0n) is 21.5. The van der Waals surface area contributed by atoms with Crippen molar-refractivity contribution in [3.63, 3.8) is 0 Å². The number of anilines is 1. The maximum Gasteiger partial charge on any atom is 0.322 e. The van der Waals surface area contributed by atoms with Crippen LogP contribution >= 0.6 is 11.6 Å². The smallest absolute Gasteiger partial charge is 0.308 e. The molecule has 1 aliphatic heterocycles. The Bertz CT molecular complexity index is 1650. The van der Waals surface area contributed by atoms with Gasteiger partial charge in [0.05, 0.1) is 29.7 Å². The van der Waals surface area contributed by atoms with E-state index < -0.39 is 0 Å². The summed E-state index contributed by atoms with van der Waals surface area (Å²) < 4.78 is 4.12. The summed E-state index contributed by atoms with van der Waals surface area (Å²) in [5.74, 6) is 0.933. The minimum Gasteiger partial charge on any atom is -0.308 e. The van der Waals surface area contributed by atoms with E-state index in [-0.39, 0.29) is 12.1 Å². The SMILES string of the molecule is Cc1cccc(NC(=O)N2Cc3c(C)nn(-c4ccccc4)c3-n3cccc3C2c2cccc(Cl)c2)c1C. The molecule has 6 rings (SSSR count). The number of para-hydroxylation sites is 1. The first-order chi connectivity index (χ1) is 18.4. The first-order valence-electron chi connectivity index (χ1n) is 12.6. The van der Waals surface area contributed by atoms with Crippen LogP contribution in [0.5, 0.6) is 0 Å². The Balaban J connectivity index is 1.54. The van der Waals surface area contributed by atoms with Gasteiger partial charge in [-0.05, 0) is 79.9 Å². The van der Waals surface area contributed by atoms with E-state index in [2.05, 4.69) is 16.0 Å². The molecule has 1 unspecified atom stereocenters. The van der Waals surface area contributed by atoms with E-state index in [0.717, 1.165) is 50.8 Å². The van der Waals surface area contributed by atoms with Crippen LogP contribution < -0.4 is 5.32 Å². The van der Waals surface area contributed by atoms with Crippen LogP contribution in [-0.4, -0.2) is 25.3 Å². The van der Waals surface area contributed by atoms with Gasteiger partial charge in [-0.1, -0.05) is 54.1 Å². The molecule has 1 N–H and O–H groups in total. The van der Waals surface area contributed by atoms with Gasteiger partial charge in [-0.15, -0.1) is 0 Å². The first kappa shape index (κ1) is 24.1. The number of halogens is 1. The van der Waals surface area contributed by atoms with Gasteiger partial charge in [-0.25, -0.2) is 9.48 Å². The molecule has 0 spiro atoms. The lowest BCUT2D eigenvalue weighted by Crippen LogP contribution is -2.38. The number of carbonyl (C=O) groups excluding carboxylic acids is 1. The normalized spacial score (nSPS) is 14.5. The Morgan fingerprint density at radius 1 is 0.947 bits per heavy atom. The van der Waals surface area contributed by atoms with Crippen molar-refractivity contribution in [2.75, 3.05) is 5.32 Å². The number of benzene rings is 3. The van der Waals surface area contributed by atoms with Gasteiger partial charge < -0.3 is 14.8 Å². The molecule has 1 atom stereocenters. The Morgan fingerprint density at radius 2 is 1.74 bits per heavy atom. The molecule has 38 heavy (non-hydrogen) atoms. The summed E-state index contributed by atoms with van der Waals surface area (Å²) in [6.07, 6.45) is 2.04. The van der Waals surface area contributed by atoms with Crippen molar-refractivity contribution in [1.82, 2.24) is 19.2 Å². The molecule has 190 valence electrons. The second-order valence-corrected chi connectivity index (χ2v) is 10.1. The topological polar surface area (TPSA) is 55.1 Å². The molecular formula is C31H28ClN5O. The highest BCUT2D eigenvalue weighted by Gasteiger charge is 2.36. The lowest BCUT2D eigenvalue weighted by molar-refractivity contribution is 0.194. The molecule has 0 saturated heterocycles. The number of aryl methyl sites for hydroxylation is 2. The van der Waals surface area contributed by atoms with Gasteiger partial charge in [0.15, 0.2) is 0 Å². The largest absolute Gasteiger partial charge is 0.322 e. The number of nitrogens with one attached hydrogen (secondary N) is 1. The molecule has 3 heterocycles. The summed E-state index contributed by atoms with van der Waals surface area (Å²) in [5, 5.41) is 8.74. The third-order valence-electron chi connectivity index (χ3n) is 7.36. The summed E-state index contributed by atoms with van der Waals surface area (Å²) in [6.45, 7) is 6.46. The van der Waals surface area contributed by atoms with Crippen molar-refractivity contribution >= 4 is 23.3 Å². The lowest BCUT2D eigenvalue weighted by atomic mass is 10.0. The molecule has 5 aromatic rings. The molecule has 2 aromatic heterocycles. The summed E-state index contributed by atoms with van der Waals surface area (Å²) >= 11 is 6.46. The van der Waals surface area contributed by atoms with Crippen LogP contribution in [0.15, 0.2) is 91.1 Å². The second-order valence-electron chi connectivity index (χ2n) is 9.70. The van der Waals surface area contributed by atoms with Crippen LogP contribution in [0, 0.1) is 20.8 Å². The maximum absolute atomic E-state index is 14.1. The Labute approximate surface area is 227 Å². The fraction of sp³-hybridized carbons (Fsp3) is 0.161. The lowest BCUT2D eigenvalue weighted by Gasteiger charge is -2.31. The van der Waals surface area contributed by atoms with Gasteiger partial charge in [0.25, 0.3) is 0 Å². The van der Waals surface area contributed by atoms with Crippen molar-refractivity contribution in [3.05, 3.63) is 130 Å². The van der Waals surface area contributed by atoms with Crippen LogP contribution in [0.3, 0.4) is 0 Å². The molecule has 1 aliphatic rings. The molecule has 7 heteroatoms. The van der Waals surface area contributed by atoms with Crippen molar-refractivity contribution < 1.29 is 4.79 Å². The Hall–Kier alpha value is -4.29. The van der Waals surface area contributed by atoms with Gasteiger partial charge in [0, 0.05) is 22.5 Å². The number of hydrogen-bond donors (Lipinski definition) is 1. The number of hydrogen-bond acceptors (Lipinski definition) is 2. The highest BCUT2D eigenvalue weighted by molar-refractivity contribution is 6.30. The fourth-order valence-corrected chi connectivity index (χ4v) is 5.45. The van der Waals surface area contributed by atoms with E-state index in [4.69, 9.17) is 16.7 Å². The maximum atomic E-state index is 14.1. The van der Waals surface area contributed by atoms with Crippen molar-refractivity contribution in [3.8, 4) is 11.5 Å². The molecule has 0 aliphatic carbocycles. The van der Waals surface area contributed by atoms with Crippen LogP contribution in [0.1, 0.15) is 39.7 Å². The van der Waals surface area contributed by atoms with E-state index in [1.807, 2.05) is 115 Å². The van der Waals surface area contributed by atoms with Gasteiger partial charge in [-0.2, -0.15) is 5.10 Å². The van der Waals surface area contributed by atoms with Crippen molar-refractivity contribution in [2.24, 2.45) is 0 Å². The predicted octanol–water partition coefficient (Wildman–Crippen LogP) is 7.38. The molecular weight excluding hydrogens is 494 g/mol. The summed E-state index contributed by atoms with van der Waals surface area (Å²) in [5.41, 5.74) is 7.70. The fourth-order valence-electron chi connectivity index (χ4n) is 5.25. The van der Waals surface area contributed by atoms with Crippen LogP contribution in [0.4, 0.5) is 10.5 Å². The van der Waals surface area contributed by atoms with E-state index in [0.29, 0.717) is 11.6 Å². The van der Waals surface area contributed by atoms with E-state index in [1.54, 1.807) is 0 Å². The molecule has 0 radical (unpaired) electrons. The summed E-state index contributed by atoms with van der Waals surface area (Å²) in [7, 11) is 0. The van der Waals surface area contributed by atoms with Crippen molar-refractivity contribution in [1.29, 1.82) is 0 Å². The van der Waals surface area contributed by atoms with E-state index in [9.17, 15) is 4.79 Å². The molecule has 0 fully saturated rings. The predicted molar refractivity (Wildman–Crippen MR) is 151 cm³/mol. The zero-order valence-corrected chi connectivity index (χ0v) is 22.3. The minimum atomic E-state index is -0.371. The van der Waals surface area contributed by atoms with Gasteiger partial charge in [0.1, 0.15) is 5.82 Å². The number of aromatic nitrogens is 3. The van der Waals surface area contributed by atoms with Crippen LogP contribution in [0.25, 0.3) is 11.5 Å². The van der Waals surface area contributed by atoms with Gasteiger partial charge >= 0.3 is 6.03 Å². The van der Waals surface area contributed by atoms with Crippen LogP contribution in [0.2, 0.25) is 5.02 Å². The standard InChI is InChI=1S/C31H28ClN5O/c1-20-10-7-15-27(21(20)2)33-31(38)36-19-26-22(3)34-37(25-13-5-4-6-14-25)30(26)35-17-9-16-28(35)29(36)23-11-8-12-24(32)18-23/h4-18,29H,19H2,1-3H3,(H,33,38). The van der Waals surface area contributed by atoms with Gasteiger partial charge in [0.2, 0.25) is 0 Å². The van der Waals surface area contributed by atoms with Crippen LogP contribution in [-0.2, 0) is 6.54 Å². The Morgan fingerprint density at radius 3 is 2.53 bits per heavy atom. The molecule has 0 bridgehead atoms. The summed E-state index contributed by atoms with van der Waals surface area (Å²) in [4.78, 5) is 16.0. The number of carbonyl (C=O) groups is 1. The van der Waals surface area contributed by atoms with Crippen molar-refractivity contribution in [2.45, 2.75) is 33.4 Å². The quantitative estimate of drug-likeness (QED) is 0.269. The Kier molecular flexibility index (Phi) is 6.04. The third-order valence-corrected chi connectivity index (χ3v) is 7.59. The number of amides is 2. The average molecular weight is 522 g/mol. The number of urea groups is 1. The van der Waals surface area contributed by atoms with E-state index >= 15 is 0 Å². The molecule has 6 nitrogen and oxygen atoms in total. The monoisotopic (exact) mass is 521 g/mol. The third kappa shape index (κ3) is 4.07. The second kappa shape index (κ2) is 9.54. The molecule has 3 aromatic carbocycles. The zero-order chi connectivity index (χ0) is 26.4.